The van der Waals surface area contributed by atoms with Crippen molar-refractivity contribution in [3.63, 3.8) is 0 Å². The predicted octanol–water partition coefficient (Wildman–Crippen LogP) is -0.391. The van der Waals surface area contributed by atoms with Gasteiger partial charge in [0.25, 0.3) is 0 Å². The molecule has 1 saturated heterocycles. The summed E-state index contributed by atoms with van der Waals surface area (Å²) in [6.07, 6.45) is 0. The maximum Gasteiger partial charge on any atom is 0.323 e. The number of nitrogens with one attached hydrogen (secondary N) is 2. The van der Waals surface area contributed by atoms with E-state index >= 15 is 0 Å². The second-order valence-corrected chi connectivity index (χ2v) is 4.73. The molecule has 1 aromatic rings. The minimum Gasteiger partial charge on any atom is -0.508 e. The highest BCUT2D eigenvalue weighted by Crippen LogP contribution is 2.13. The van der Waals surface area contributed by atoms with Crippen molar-refractivity contribution in [2.75, 3.05) is 38.5 Å². The van der Waals surface area contributed by atoms with E-state index in [2.05, 4.69) is 15.6 Å². The van der Waals surface area contributed by atoms with E-state index in [0.717, 1.165) is 13.1 Å². The van der Waals surface area contributed by atoms with Gasteiger partial charge in [-0.05, 0) is 31.3 Å². The Morgan fingerprint density at radius 3 is 2.25 bits per heavy atom. The second-order valence-electron chi connectivity index (χ2n) is 4.73. The zero-order valence-electron chi connectivity index (χ0n) is 11.3. The molecule has 1 aliphatic heterocycles. The number of rotatable bonds is 2. The molecular weight excluding hydrogens is 260 g/mol. The number of hydrogen-bond acceptors (Lipinski definition) is 5. The van der Waals surface area contributed by atoms with Crippen molar-refractivity contribution < 1.29 is 14.7 Å². The third-order valence-electron chi connectivity index (χ3n) is 3.09. The van der Waals surface area contributed by atoms with Crippen molar-refractivity contribution in [2.24, 2.45) is 0 Å². The number of phenolic OH excluding ortho intramolecular Hbond substituents is 1. The van der Waals surface area contributed by atoms with Gasteiger partial charge in [-0.1, -0.05) is 0 Å². The van der Waals surface area contributed by atoms with Gasteiger partial charge in [0, 0.05) is 31.9 Å². The van der Waals surface area contributed by atoms with Crippen LogP contribution in [-0.2, 0) is 9.59 Å². The van der Waals surface area contributed by atoms with Gasteiger partial charge < -0.3 is 15.3 Å². The van der Waals surface area contributed by atoms with Gasteiger partial charge in [-0.2, -0.15) is 0 Å². The summed E-state index contributed by atoms with van der Waals surface area (Å²) in [5.74, 6) is -1.32. The van der Waals surface area contributed by atoms with Crippen LogP contribution in [0, 0.1) is 0 Å². The number of carbonyl (C=O) groups excluding carboxylic acids is 2. The van der Waals surface area contributed by atoms with E-state index < -0.39 is 11.8 Å². The summed E-state index contributed by atoms with van der Waals surface area (Å²) in [6.45, 7) is 3.07. The molecule has 20 heavy (non-hydrogen) atoms. The number of carbonyl (C=O) groups is 2. The molecule has 1 heterocycles. The zero-order valence-corrected chi connectivity index (χ0v) is 11.3. The molecule has 0 aliphatic carbocycles. The normalized spacial score (nSPS) is 16.6. The summed E-state index contributed by atoms with van der Waals surface area (Å²) in [5, 5.41) is 13.3. The number of amides is 2. The molecule has 3 N–H and O–H groups in total. The lowest BCUT2D eigenvalue weighted by Crippen LogP contribution is -2.54. The van der Waals surface area contributed by atoms with Crippen LogP contribution in [0.4, 0.5) is 5.69 Å². The number of piperazine rings is 1. The molecule has 0 atom stereocenters. The topological polar surface area (TPSA) is 84.9 Å². The predicted molar refractivity (Wildman–Crippen MR) is 73.9 cm³/mol. The first-order chi connectivity index (χ1) is 9.54. The lowest BCUT2D eigenvalue weighted by Gasteiger charge is -2.32. The molecule has 0 bridgehead atoms. The Morgan fingerprint density at radius 1 is 1.05 bits per heavy atom. The molecule has 2 rings (SSSR count). The smallest absolute Gasteiger partial charge is 0.323 e. The van der Waals surface area contributed by atoms with Crippen molar-refractivity contribution in [3.8, 4) is 5.75 Å². The zero-order chi connectivity index (χ0) is 14.5. The number of anilines is 1. The average molecular weight is 278 g/mol. The van der Waals surface area contributed by atoms with Gasteiger partial charge in [-0.15, -0.1) is 0 Å². The second kappa shape index (κ2) is 6.36. The van der Waals surface area contributed by atoms with Crippen LogP contribution < -0.4 is 10.7 Å². The van der Waals surface area contributed by atoms with Crippen LogP contribution in [0.2, 0.25) is 0 Å². The van der Waals surface area contributed by atoms with Crippen molar-refractivity contribution in [3.05, 3.63) is 24.3 Å². The minimum atomic E-state index is -0.727. The van der Waals surface area contributed by atoms with E-state index in [4.69, 9.17) is 5.11 Å². The number of hydrazine groups is 1. The highest BCUT2D eigenvalue weighted by molar-refractivity contribution is 6.39. The standard InChI is InChI=1S/C13H18N4O3/c1-16-6-8-17(9-7-16)15-13(20)12(19)14-10-2-4-11(18)5-3-10/h2-5,18H,6-9H2,1H3,(H,14,19)(H,15,20). The van der Waals surface area contributed by atoms with Gasteiger partial charge in [0.2, 0.25) is 0 Å². The summed E-state index contributed by atoms with van der Waals surface area (Å²) in [5.41, 5.74) is 3.04. The molecule has 0 radical (unpaired) electrons. The van der Waals surface area contributed by atoms with Gasteiger partial charge in [0.15, 0.2) is 0 Å². The Morgan fingerprint density at radius 2 is 1.65 bits per heavy atom. The van der Waals surface area contributed by atoms with E-state index in [-0.39, 0.29) is 5.75 Å². The molecule has 1 aliphatic rings. The van der Waals surface area contributed by atoms with Crippen LogP contribution in [0.5, 0.6) is 5.75 Å². The summed E-state index contributed by atoms with van der Waals surface area (Å²) < 4.78 is 0. The van der Waals surface area contributed by atoms with Crippen LogP contribution >= 0.6 is 0 Å². The van der Waals surface area contributed by atoms with Crippen LogP contribution in [-0.4, -0.2) is 60.1 Å². The van der Waals surface area contributed by atoms with Gasteiger partial charge in [-0.3, -0.25) is 15.0 Å². The van der Waals surface area contributed by atoms with Crippen LogP contribution in [0.1, 0.15) is 0 Å². The van der Waals surface area contributed by atoms with E-state index in [1.165, 1.54) is 24.3 Å². The molecule has 0 aromatic heterocycles. The van der Waals surface area contributed by atoms with E-state index in [1.54, 1.807) is 5.01 Å². The van der Waals surface area contributed by atoms with Gasteiger partial charge >= 0.3 is 11.8 Å². The molecule has 0 saturated carbocycles. The van der Waals surface area contributed by atoms with Crippen LogP contribution in [0.25, 0.3) is 0 Å². The Labute approximate surface area is 117 Å². The van der Waals surface area contributed by atoms with E-state index in [1.807, 2.05) is 7.05 Å². The van der Waals surface area contributed by atoms with E-state index in [0.29, 0.717) is 18.8 Å². The summed E-state index contributed by atoms with van der Waals surface area (Å²) in [4.78, 5) is 25.6. The largest absolute Gasteiger partial charge is 0.508 e. The molecule has 0 spiro atoms. The third kappa shape index (κ3) is 3.94. The molecule has 0 unspecified atom stereocenters. The van der Waals surface area contributed by atoms with Crippen LogP contribution in [0.3, 0.4) is 0 Å². The van der Waals surface area contributed by atoms with Crippen molar-refractivity contribution >= 4 is 17.5 Å². The SMILES string of the molecule is CN1CCN(NC(=O)C(=O)Nc2ccc(O)cc2)CC1. The van der Waals surface area contributed by atoms with Crippen molar-refractivity contribution in [1.29, 1.82) is 0 Å². The first-order valence-corrected chi connectivity index (χ1v) is 6.39. The molecule has 1 aromatic carbocycles. The minimum absolute atomic E-state index is 0.102. The van der Waals surface area contributed by atoms with E-state index in [9.17, 15) is 9.59 Å². The number of aromatic hydroxyl groups is 1. The first kappa shape index (κ1) is 14.3. The number of hydrogen-bond donors (Lipinski definition) is 3. The Bertz CT molecular complexity index is 481. The number of phenols is 1. The fourth-order valence-electron chi connectivity index (χ4n) is 1.85. The molecule has 108 valence electrons. The summed E-state index contributed by atoms with van der Waals surface area (Å²) in [7, 11) is 2.01. The molecule has 7 nitrogen and oxygen atoms in total. The molecule has 7 heteroatoms. The lowest BCUT2D eigenvalue weighted by molar-refractivity contribution is -0.139. The first-order valence-electron chi connectivity index (χ1n) is 6.39. The van der Waals surface area contributed by atoms with Gasteiger partial charge in [0.05, 0.1) is 0 Å². The highest BCUT2D eigenvalue weighted by Gasteiger charge is 2.20. The fourth-order valence-corrected chi connectivity index (χ4v) is 1.85. The molecular formula is C13H18N4O3. The Hall–Kier alpha value is -2.12. The van der Waals surface area contributed by atoms with Gasteiger partial charge in [0.1, 0.15) is 5.75 Å². The lowest BCUT2D eigenvalue weighted by atomic mass is 10.3. The summed E-state index contributed by atoms with van der Waals surface area (Å²) in [6, 6.07) is 5.93. The maximum atomic E-state index is 11.7. The third-order valence-corrected chi connectivity index (χ3v) is 3.09. The number of benzene rings is 1. The number of likely N-dealkylation sites (N-methyl/N-ethyl adjacent to an activating group) is 1. The summed E-state index contributed by atoms with van der Waals surface area (Å²) >= 11 is 0. The van der Waals surface area contributed by atoms with Crippen LogP contribution in [0.15, 0.2) is 24.3 Å². The maximum absolute atomic E-state index is 11.7. The van der Waals surface area contributed by atoms with Gasteiger partial charge in [-0.25, -0.2) is 5.01 Å². The monoisotopic (exact) mass is 278 g/mol. The Kier molecular flexibility index (Phi) is 4.54. The quantitative estimate of drug-likeness (QED) is 0.507. The fraction of sp³-hybridized carbons (Fsp3) is 0.385. The highest BCUT2D eigenvalue weighted by atomic mass is 16.3. The average Bonchev–Trinajstić information content (AvgIpc) is 2.44. The van der Waals surface area contributed by atoms with Crippen molar-refractivity contribution in [1.82, 2.24) is 15.3 Å². The Balaban J connectivity index is 1.83. The van der Waals surface area contributed by atoms with Crippen molar-refractivity contribution in [2.45, 2.75) is 0 Å². The number of nitrogens with zero attached hydrogens (tertiary/aromatic N) is 2. The molecule has 2 amide bonds. The molecule has 1 fully saturated rings.